The average Bonchev–Trinajstić information content (AvgIpc) is 2.32. The molecule has 0 heterocycles. The number of benzene rings is 1. The van der Waals surface area contributed by atoms with Gasteiger partial charge in [-0.2, -0.15) is 0 Å². The van der Waals surface area contributed by atoms with Crippen LogP contribution in [0.2, 0.25) is 0 Å². The molecule has 19 heavy (non-hydrogen) atoms. The molecule has 1 atom stereocenters. The van der Waals surface area contributed by atoms with Crippen molar-refractivity contribution in [3.8, 4) is 0 Å². The molecule has 0 saturated carbocycles. The number of halogens is 2. The van der Waals surface area contributed by atoms with Gasteiger partial charge in [0.15, 0.2) is 11.6 Å². The van der Waals surface area contributed by atoms with Gasteiger partial charge in [0.25, 0.3) is 5.91 Å². The molecule has 0 aliphatic heterocycles. The number of rotatable bonds is 5. The van der Waals surface area contributed by atoms with Crippen molar-refractivity contribution < 1.29 is 23.5 Å². The summed E-state index contributed by atoms with van der Waals surface area (Å²) >= 11 is 0. The topological polar surface area (TPSA) is 57.6 Å². The molecular weight excluding hydrogens is 256 g/mol. The lowest BCUT2D eigenvalue weighted by molar-refractivity contribution is -0.138. The van der Waals surface area contributed by atoms with E-state index in [4.69, 9.17) is 5.11 Å². The van der Waals surface area contributed by atoms with Gasteiger partial charge in [0.1, 0.15) is 0 Å². The zero-order valence-corrected chi connectivity index (χ0v) is 10.7. The first-order chi connectivity index (χ1) is 8.86. The van der Waals surface area contributed by atoms with Crippen molar-refractivity contribution in [3.63, 3.8) is 0 Å². The molecular formula is C13H15F2NO3. The van der Waals surface area contributed by atoms with Gasteiger partial charge in [-0.1, -0.05) is 0 Å². The Morgan fingerprint density at radius 3 is 2.42 bits per heavy atom. The molecule has 1 unspecified atom stereocenters. The summed E-state index contributed by atoms with van der Waals surface area (Å²) in [5, 5.41) is 8.71. The summed E-state index contributed by atoms with van der Waals surface area (Å²) in [6.45, 7) is 3.57. The molecule has 4 nitrogen and oxygen atoms in total. The molecule has 1 N–H and O–H groups in total. The van der Waals surface area contributed by atoms with E-state index in [1.165, 1.54) is 11.0 Å². The summed E-state index contributed by atoms with van der Waals surface area (Å²) < 4.78 is 25.9. The Morgan fingerprint density at radius 2 is 1.95 bits per heavy atom. The maximum atomic E-state index is 13.1. The van der Waals surface area contributed by atoms with Crippen LogP contribution < -0.4 is 0 Å². The van der Waals surface area contributed by atoms with Crippen LogP contribution in [-0.2, 0) is 4.79 Å². The van der Waals surface area contributed by atoms with Crippen molar-refractivity contribution in [2.45, 2.75) is 26.3 Å². The van der Waals surface area contributed by atoms with Gasteiger partial charge in [0.2, 0.25) is 0 Å². The number of amides is 1. The second kappa shape index (κ2) is 6.26. The summed E-state index contributed by atoms with van der Waals surface area (Å²) in [6, 6.07) is 2.34. The van der Waals surface area contributed by atoms with E-state index in [1.54, 1.807) is 13.8 Å². The number of nitrogens with zero attached hydrogens (tertiary/aromatic N) is 1. The van der Waals surface area contributed by atoms with Crippen LogP contribution >= 0.6 is 0 Å². The second-order valence-corrected chi connectivity index (χ2v) is 4.17. The van der Waals surface area contributed by atoms with Crippen molar-refractivity contribution in [1.82, 2.24) is 4.90 Å². The predicted molar refractivity (Wildman–Crippen MR) is 64.8 cm³/mol. The van der Waals surface area contributed by atoms with Crippen LogP contribution in [0.3, 0.4) is 0 Å². The molecule has 104 valence electrons. The van der Waals surface area contributed by atoms with Crippen molar-refractivity contribution in [2.24, 2.45) is 0 Å². The summed E-state index contributed by atoms with van der Waals surface area (Å²) in [7, 11) is 0. The van der Waals surface area contributed by atoms with Crippen LogP contribution in [0.15, 0.2) is 18.2 Å². The fourth-order valence-electron chi connectivity index (χ4n) is 1.81. The maximum Gasteiger partial charge on any atom is 0.305 e. The van der Waals surface area contributed by atoms with E-state index in [9.17, 15) is 18.4 Å². The molecule has 0 saturated heterocycles. The van der Waals surface area contributed by atoms with E-state index in [-0.39, 0.29) is 18.5 Å². The summed E-state index contributed by atoms with van der Waals surface area (Å²) in [4.78, 5) is 24.1. The van der Waals surface area contributed by atoms with Crippen molar-refractivity contribution in [2.75, 3.05) is 6.54 Å². The minimum atomic E-state index is -1.10. The summed E-state index contributed by atoms with van der Waals surface area (Å²) in [6.07, 6.45) is -0.205. The SMILES string of the molecule is CCN(C(=O)c1ccc(F)c(F)c1)C(C)CC(=O)O. The fraction of sp³-hybridized carbons (Fsp3) is 0.385. The summed E-state index contributed by atoms with van der Waals surface area (Å²) in [5.74, 6) is -3.68. The van der Waals surface area contributed by atoms with Crippen molar-refractivity contribution in [1.29, 1.82) is 0 Å². The van der Waals surface area contributed by atoms with E-state index < -0.39 is 29.6 Å². The number of carbonyl (C=O) groups excluding carboxylic acids is 1. The highest BCUT2D eigenvalue weighted by molar-refractivity contribution is 5.94. The third-order valence-corrected chi connectivity index (χ3v) is 2.77. The lowest BCUT2D eigenvalue weighted by atomic mass is 10.1. The molecule has 0 radical (unpaired) electrons. The number of aliphatic carboxylic acids is 1. The first kappa shape index (κ1) is 15.1. The number of carboxylic acids is 1. The Balaban J connectivity index is 2.94. The number of hydrogen-bond acceptors (Lipinski definition) is 2. The molecule has 0 spiro atoms. The van der Waals surface area contributed by atoms with Crippen molar-refractivity contribution >= 4 is 11.9 Å². The van der Waals surface area contributed by atoms with Crippen LogP contribution in [0.5, 0.6) is 0 Å². The van der Waals surface area contributed by atoms with Crippen LogP contribution in [-0.4, -0.2) is 34.5 Å². The minimum absolute atomic E-state index is 0.00186. The molecule has 1 rings (SSSR count). The molecule has 6 heteroatoms. The number of carboxylic acid groups (broad SMARTS) is 1. The van der Waals surface area contributed by atoms with Crippen LogP contribution in [0.1, 0.15) is 30.6 Å². The van der Waals surface area contributed by atoms with Crippen molar-refractivity contribution in [3.05, 3.63) is 35.4 Å². The lowest BCUT2D eigenvalue weighted by Crippen LogP contribution is -2.39. The molecule has 1 amide bonds. The largest absolute Gasteiger partial charge is 0.481 e. The number of hydrogen-bond donors (Lipinski definition) is 1. The second-order valence-electron chi connectivity index (χ2n) is 4.17. The molecule has 0 aliphatic rings. The molecule has 0 fully saturated rings. The molecule has 1 aromatic rings. The van der Waals surface area contributed by atoms with Gasteiger partial charge < -0.3 is 10.0 Å². The first-order valence-electron chi connectivity index (χ1n) is 5.84. The van der Waals surface area contributed by atoms with Gasteiger partial charge in [-0.3, -0.25) is 9.59 Å². The first-order valence-corrected chi connectivity index (χ1v) is 5.84. The average molecular weight is 271 g/mol. The highest BCUT2D eigenvalue weighted by Gasteiger charge is 2.22. The smallest absolute Gasteiger partial charge is 0.305 e. The third-order valence-electron chi connectivity index (χ3n) is 2.77. The zero-order valence-electron chi connectivity index (χ0n) is 10.7. The Labute approximate surface area is 109 Å². The zero-order chi connectivity index (χ0) is 14.6. The third kappa shape index (κ3) is 3.74. The standard InChI is InChI=1S/C13H15F2NO3/c1-3-16(8(2)6-12(17)18)13(19)9-4-5-10(14)11(15)7-9/h4-5,7-8H,3,6H2,1-2H3,(H,17,18). The van der Waals surface area contributed by atoms with Crippen LogP contribution in [0, 0.1) is 11.6 Å². The van der Waals surface area contributed by atoms with Crippen LogP contribution in [0.25, 0.3) is 0 Å². The predicted octanol–water partition coefficient (Wildman–Crippen LogP) is 2.29. The van der Waals surface area contributed by atoms with E-state index in [2.05, 4.69) is 0 Å². The fourth-order valence-corrected chi connectivity index (χ4v) is 1.81. The molecule has 1 aromatic carbocycles. The van der Waals surface area contributed by atoms with Gasteiger partial charge in [-0.05, 0) is 32.0 Å². The monoisotopic (exact) mass is 271 g/mol. The van der Waals surface area contributed by atoms with Gasteiger partial charge in [0, 0.05) is 18.2 Å². The minimum Gasteiger partial charge on any atom is -0.481 e. The Morgan fingerprint density at radius 1 is 1.32 bits per heavy atom. The van der Waals surface area contributed by atoms with Crippen LogP contribution in [0.4, 0.5) is 8.78 Å². The van der Waals surface area contributed by atoms with E-state index >= 15 is 0 Å². The highest BCUT2D eigenvalue weighted by atomic mass is 19.2. The van der Waals surface area contributed by atoms with Gasteiger partial charge in [0.05, 0.1) is 6.42 Å². The molecule has 0 aromatic heterocycles. The Kier molecular flexibility index (Phi) is 4.97. The molecule has 0 aliphatic carbocycles. The van der Waals surface area contributed by atoms with E-state index in [0.717, 1.165) is 12.1 Å². The van der Waals surface area contributed by atoms with E-state index in [0.29, 0.717) is 0 Å². The Hall–Kier alpha value is -1.98. The highest BCUT2D eigenvalue weighted by Crippen LogP contribution is 2.14. The summed E-state index contributed by atoms with van der Waals surface area (Å²) in [5.41, 5.74) is -0.00186. The normalized spacial score (nSPS) is 12.0. The molecule has 0 bridgehead atoms. The number of carbonyl (C=O) groups is 2. The maximum absolute atomic E-state index is 13.1. The van der Waals surface area contributed by atoms with E-state index in [1.807, 2.05) is 0 Å². The lowest BCUT2D eigenvalue weighted by Gasteiger charge is -2.27. The van der Waals surface area contributed by atoms with Gasteiger partial charge >= 0.3 is 5.97 Å². The van der Waals surface area contributed by atoms with Gasteiger partial charge in [-0.15, -0.1) is 0 Å². The Bertz CT molecular complexity index is 491. The quantitative estimate of drug-likeness (QED) is 0.893. The van der Waals surface area contributed by atoms with Gasteiger partial charge in [-0.25, -0.2) is 8.78 Å².